The van der Waals surface area contributed by atoms with Gasteiger partial charge in [0.25, 0.3) is 0 Å². The average Bonchev–Trinajstić information content (AvgIpc) is 3.28. The second-order valence-corrected chi connectivity index (χ2v) is 6.42. The highest BCUT2D eigenvalue weighted by Crippen LogP contribution is 2.27. The standard InChI is InChI=1S/C13H18N2O5S/c1-19-10-5-6-11(20-2)12(7-10)21(17,18)14-8-13(16)15-9-3-4-9/h5-7,9,14H,3-4,8H2,1-2H3,(H,15,16). The predicted molar refractivity (Wildman–Crippen MR) is 75.9 cm³/mol. The maximum Gasteiger partial charge on any atom is 0.244 e. The first-order valence-electron chi connectivity index (χ1n) is 6.47. The second kappa shape index (κ2) is 6.31. The lowest BCUT2D eigenvalue weighted by atomic mass is 10.3. The van der Waals surface area contributed by atoms with Gasteiger partial charge in [0.15, 0.2) is 0 Å². The van der Waals surface area contributed by atoms with Gasteiger partial charge in [-0.15, -0.1) is 0 Å². The molecule has 1 aliphatic rings. The van der Waals surface area contributed by atoms with E-state index in [1.807, 2.05) is 0 Å². The van der Waals surface area contributed by atoms with E-state index in [-0.39, 0.29) is 29.1 Å². The quantitative estimate of drug-likeness (QED) is 0.753. The largest absolute Gasteiger partial charge is 0.497 e. The second-order valence-electron chi connectivity index (χ2n) is 4.68. The number of ether oxygens (including phenoxy) is 2. The van der Waals surface area contributed by atoms with E-state index in [4.69, 9.17) is 9.47 Å². The Balaban J connectivity index is 2.11. The molecule has 2 N–H and O–H groups in total. The summed E-state index contributed by atoms with van der Waals surface area (Å²) < 4.78 is 36.8. The molecule has 1 amide bonds. The summed E-state index contributed by atoms with van der Waals surface area (Å²) in [5.74, 6) is 0.229. The molecule has 7 nitrogen and oxygen atoms in total. The van der Waals surface area contributed by atoms with E-state index in [1.54, 1.807) is 6.07 Å². The minimum absolute atomic E-state index is 0.0661. The molecule has 0 unspecified atom stereocenters. The zero-order valence-electron chi connectivity index (χ0n) is 11.9. The number of nitrogens with one attached hydrogen (secondary N) is 2. The van der Waals surface area contributed by atoms with Crippen LogP contribution in [-0.2, 0) is 14.8 Å². The van der Waals surface area contributed by atoms with Crippen molar-refractivity contribution in [2.75, 3.05) is 20.8 Å². The van der Waals surface area contributed by atoms with Crippen LogP contribution in [0.15, 0.2) is 23.1 Å². The number of benzene rings is 1. The van der Waals surface area contributed by atoms with Gasteiger partial charge in [0.1, 0.15) is 16.4 Å². The summed E-state index contributed by atoms with van der Waals surface area (Å²) >= 11 is 0. The molecule has 2 rings (SSSR count). The molecule has 0 radical (unpaired) electrons. The van der Waals surface area contributed by atoms with Crippen LogP contribution in [0.2, 0.25) is 0 Å². The average molecular weight is 314 g/mol. The third kappa shape index (κ3) is 4.08. The highest BCUT2D eigenvalue weighted by molar-refractivity contribution is 7.89. The molecule has 8 heteroatoms. The zero-order valence-corrected chi connectivity index (χ0v) is 12.7. The molecule has 1 saturated carbocycles. The summed E-state index contributed by atoms with van der Waals surface area (Å²) in [7, 11) is -1.05. The Hall–Kier alpha value is -1.80. The zero-order chi connectivity index (χ0) is 15.5. The van der Waals surface area contributed by atoms with Gasteiger partial charge in [0.05, 0.1) is 20.8 Å². The summed E-state index contributed by atoms with van der Waals surface area (Å²) in [4.78, 5) is 11.5. The summed E-state index contributed by atoms with van der Waals surface area (Å²) in [6.07, 6.45) is 1.89. The number of rotatable bonds is 7. The van der Waals surface area contributed by atoms with Crippen molar-refractivity contribution in [2.45, 2.75) is 23.8 Å². The van der Waals surface area contributed by atoms with Crippen molar-refractivity contribution in [3.8, 4) is 11.5 Å². The molecule has 0 saturated heterocycles. The van der Waals surface area contributed by atoms with E-state index in [1.165, 1.54) is 26.4 Å². The maximum atomic E-state index is 12.3. The van der Waals surface area contributed by atoms with Gasteiger partial charge in [-0.1, -0.05) is 0 Å². The maximum absolute atomic E-state index is 12.3. The molecule has 0 aromatic heterocycles. The van der Waals surface area contributed by atoms with Gasteiger partial charge in [-0.2, -0.15) is 0 Å². The van der Waals surface area contributed by atoms with Crippen LogP contribution in [0.3, 0.4) is 0 Å². The molecular formula is C13H18N2O5S. The van der Waals surface area contributed by atoms with Gasteiger partial charge in [-0.05, 0) is 25.0 Å². The molecule has 21 heavy (non-hydrogen) atoms. The summed E-state index contributed by atoms with van der Waals surface area (Å²) in [5.41, 5.74) is 0. The molecule has 0 heterocycles. The Kier molecular flexibility index (Phi) is 4.69. The van der Waals surface area contributed by atoms with Gasteiger partial charge in [-0.25, -0.2) is 13.1 Å². The number of carbonyl (C=O) groups is 1. The van der Waals surface area contributed by atoms with Crippen molar-refractivity contribution in [2.24, 2.45) is 0 Å². The molecule has 0 spiro atoms. The van der Waals surface area contributed by atoms with Crippen LogP contribution in [0.5, 0.6) is 11.5 Å². The molecule has 1 fully saturated rings. The van der Waals surface area contributed by atoms with Crippen molar-refractivity contribution >= 4 is 15.9 Å². The third-order valence-electron chi connectivity index (χ3n) is 3.03. The monoisotopic (exact) mass is 314 g/mol. The Morgan fingerprint density at radius 2 is 2.00 bits per heavy atom. The topological polar surface area (TPSA) is 93.7 Å². The van der Waals surface area contributed by atoms with E-state index in [0.29, 0.717) is 5.75 Å². The number of carbonyl (C=O) groups excluding carboxylic acids is 1. The lowest BCUT2D eigenvalue weighted by Crippen LogP contribution is -2.37. The first-order chi connectivity index (χ1) is 9.96. The Bertz CT molecular complexity index is 625. The fourth-order valence-electron chi connectivity index (χ4n) is 1.74. The third-order valence-corrected chi connectivity index (χ3v) is 4.45. The first-order valence-corrected chi connectivity index (χ1v) is 7.95. The summed E-state index contributed by atoms with van der Waals surface area (Å²) in [5, 5.41) is 2.71. The number of sulfonamides is 1. The molecule has 0 atom stereocenters. The molecule has 116 valence electrons. The van der Waals surface area contributed by atoms with E-state index in [0.717, 1.165) is 12.8 Å². The number of hydrogen-bond acceptors (Lipinski definition) is 5. The van der Waals surface area contributed by atoms with Crippen molar-refractivity contribution in [3.63, 3.8) is 0 Å². The Morgan fingerprint density at radius 1 is 1.29 bits per heavy atom. The van der Waals surface area contributed by atoms with Crippen LogP contribution in [-0.4, -0.2) is 41.1 Å². The minimum Gasteiger partial charge on any atom is -0.497 e. The fourth-order valence-corrected chi connectivity index (χ4v) is 2.90. The molecular weight excluding hydrogens is 296 g/mol. The van der Waals surface area contributed by atoms with Gasteiger partial charge in [-0.3, -0.25) is 4.79 Å². The first kappa shape index (κ1) is 15.6. The number of methoxy groups -OCH3 is 2. The minimum atomic E-state index is -3.86. The lowest BCUT2D eigenvalue weighted by molar-refractivity contribution is -0.120. The molecule has 1 aromatic carbocycles. The molecule has 0 bridgehead atoms. The van der Waals surface area contributed by atoms with E-state index >= 15 is 0 Å². The van der Waals surface area contributed by atoms with Gasteiger partial charge >= 0.3 is 0 Å². The highest BCUT2D eigenvalue weighted by Gasteiger charge is 2.25. The van der Waals surface area contributed by atoms with E-state index in [2.05, 4.69) is 10.0 Å². The Morgan fingerprint density at radius 3 is 2.57 bits per heavy atom. The molecule has 1 aliphatic carbocycles. The normalized spacial score (nSPS) is 14.6. The SMILES string of the molecule is COc1ccc(OC)c(S(=O)(=O)NCC(=O)NC2CC2)c1. The number of hydrogen-bond donors (Lipinski definition) is 2. The molecule has 0 aliphatic heterocycles. The van der Waals surface area contributed by atoms with Crippen LogP contribution in [0, 0.1) is 0 Å². The van der Waals surface area contributed by atoms with Crippen molar-refractivity contribution in [3.05, 3.63) is 18.2 Å². The number of amides is 1. The van der Waals surface area contributed by atoms with Gasteiger partial charge < -0.3 is 14.8 Å². The van der Waals surface area contributed by atoms with Crippen molar-refractivity contribution in [1.29, 1.82) is 0 Å². The Labute approximate surface area is 123 Å². The van der Waals surface area contributed by atoms with Crippen LogP contribution in [0.1, 0.15) is 12.8 Å². The van der Waals surface area contributed by atoms with E-state index in [9.17, 15) is 13.2 Å². The summed E-state index contributed by atoms with van der Waals surface area (Å²) in [6.45, 7) is -0.306. The van der Waals surface area contributed by atoms with Crippen LogP contribution in [0.25, 0.3) is 0 Å². The highest BCUT2D eigenvalue weighted by atomic mass is 32.2. The van der Waals surface area contributed by atoms with Crippen LogP contribution >= 0.6 is 0 Å². The molecule has 1 aromatic rings. The van der Waals surface area contributed by atoms with Gasteiger partial charge in [0, 0.05) is 12.1 Å². The predicted octanol–water partition coefficient (Wildman–Crippen LogP) is 0.261. The fraction of sp³-hybridized carbons (Fsp3) is 0.462. The van der Waals surface area contributed by atoms with Crippen LogP contribution < -0.4 is 19.5 Å². The smallest absolute Gasteiger partial charge is 0.244 e. The van der Waals surface area contributed by atoms with Crippen molar-refractivity contribution < 1.29 is 22.7 Å². The van der Waals surface area contributed by atoms with Crippen LogP contribution in [0.4, 0.5) is 0 Å². The van der Waals surface area contributed by atoms with Crippen molar-refractivity contribution in [1.82, 2.24) is 10.0 Å². The van der Waals surface area contributed by atoms with Gasteiger partial charge in [0.2, 0.25) is 15.9 Å². The summed E-state index contributed by atoms with van der Waals surface area (Å²) in [6, 6.07) is 4.63. The van der Waals surface area contributed by atoms with E-state index < -0.39 is 10.0 Å². The lowest BCUT2D eigenvalue weighted by Gasteiger charge is -2.12.